The molecule has 0 aliphatic rings. The van der Waals surface area contributed by atoms with Gasteiger partial charge in [0.2, 0.25) is 5.43 Å². The van der Waals surface area contributed by atoms with E-state index in [2.05, 4.69) is 20.4 Å². The molecule has 0 radical (unpaired) electrons. The maximum absolute atomic E-state index is 12.3. The summed E-state index contributed by atoms with van der Waals surface area (Å²) in [6.07, 6.45) is 0.986. The molecule has 0 aliphatic heterocycles. The van der Waals surface area contributed by atoms with Gasteiger partial charge in [0, 0.05) is 11.8 Å². The van der Waals surface area contributed by atoms with Crippen molar-refractivity contribution in [3.05, 3.63) is 44.3 Å². The number of Topliss-reactive ketones (excluding diaryl/α,β-unsaturated/α-hetero) is 1. The van der Waals surface area contributed by atoms with Crippen molar-refractivity contribution < 1.29 is 4.79 Å². The Morgan fingerprint density at radius 1 is 1.19 bits per heavy atom. The molecule has 0 aliphatic carbocycles. The molecule has 0 amide bonds. The molecule has 3 rings (SSSR count). The van der Waals surface area contributed by atoms with Gasteiger partial charge in [-0.1, -0.05) is 6.07 Å². The van der Waals surface area contributed by atoms with Crippen LogP contribution in [0.4, 0.5) is 0 Å². The monoisotopic (exact) mass is 284 g/mol. The summed E-state index contributed by atoms with van der Waals surface area (Å²) in [6, 6.07) is 5.12. The van der Waals surface area contributed by atoms with E-state index in [1.807, 2.05) is 0 Å². The summed E-state index contributed by atoms with van der Waals surface area (Å²) in [7, 11) is 0. The van der Waals surface area contributed by atoms with Gasteiger partial charge in [-0.3, -0.25) is 9.59 Å². The highest BCUT2D eigenvalue weighted by Crippen LogP contribution is 2.12. The molecule has 7 heteroatoms. The molecule has 2 aromatic heterocycles. The highest BCUT2D eigenvalue weighted by molar-refractivity contribution is 5.86. The molecule has 0 spiro atoms. The first-order valence-corrected chi connectivity index (χ1v) is 6.45. The van der Waals surface area contributed by atoms with E-state index < -0.39 is 5.56 Å². The number of nitrogens with one attached hydrogen (secondary N) is 2. The van der Waals surface area contributed by atoms with Crippen LogP contribution in [-0.2, 0) is 11.2 Å². The summed E-state index contributed by atoms with van der Waals surface area (Å²) in [5.74, 6) is 0.0920. The maximum atomic E-state index is 12.3. The quantitative estimate of drug-likeness (QED) is 0.735. The predicted octanol–water partition coefficient (Wildman–Crippen LogP) is 0.681. The first-order chi connectivity index (χ1) is 10.1. The van der Waals surface area contributed by atoms with Gasteiger partial charge >= 0.3 is 0 Å². The third-order valence-electron chi connectivity index (χ3n) is 3.32. The maximum Gasteiger partial charge on any atom is 0.278 e. The molecule has 106 valence electrons. The number of hydrogen-bond acceptors (Lipinski definition) is 5. The number of benzene rings is 1. The van der Waals surface area contributed by atoms with E-state index in [9.17, 15) is 14.4 Å². The highest BCUT2D eigenvalue weighted by Gasteiger charge is 2.10. The zero-order chi connectivity index (χ0) is 15.0. The topological polar surface area (TPSA) is 109 Å². The van der Waals surface area contributed by atoms with E-state index in [4.69, 9.17) is 0 Å². The lowest BCUT2D eigenvalue weighted by molar-refractivity contribution is -0.116. The summed E-state index contributed by atoms with van der Waals surface area (Å²) < 4.78 is 0. The third-order valence-corrected chi connectivity index (χ3v) is 3.32. The molecule has 2 heterocycles. The Morgan fingerprint density at radius 3 is 2.71 bits per heavy atom. The summed E-state index contributed by atoms with van der Waals surface area (Å²) >= 11 is 0. The zero-order valence-corrected chi connectivity index (χ0v) is 11.3. The molecule has 2 N–H and O–H groups in total. The Morgan fingerprint density at radius 2 is 1.95 bits per heavy atom. The average molecular weight is 284 g/mol. The van der Waals surface area contributed by atoms with Gasteiger partial charge in [0.05, 0.1) is 5.52 Å². The Kier molecular flexibility index (Phi) is 3.09. The number of hydrogen-bond donors (Lipinski definition) is 2. The lowest BCUT2D eigenvalue weighted by atomic mass is 10.1. The number of ketones is 1. The molecular weight excluding hydrogens is 272 g/mol. The Balaban J connectivity index is 2.27. The molecule has 1 aromatic carbocycles. The van der Waals surface area contributed by atoms with Gasteiger partial charge in [0.15, 0.2) is 11.0 Å². The van der Waals surface area contributed by atoms with Crippen molar-refractivity contribution in [3.63, 3.8) is 0 Å². The van der Waals surface area contributed by atoms with Crippen molar-refractivity contribution >= 4 is 27.7 Å². The molecule has 0 bridgehead atoms. The molecule has 21 heavy (non-hydrogen) atoms. The fraction of sp³-hybridized carbons (Fsp3) is 0.214. The lowest BCUT2D eigenvalue weighted by Crippen LogP contribution is -2.03. The van der Waals surface area contributed by atoms with E-state index in [1.54, 1.807) is 18.2 Å². The Bertz CT molecular complexity index is 971. The van der Waals surface area contributed by atoms with Crippen LogP contribution in [0.25, 0.3) is 21.9 Å². The second kappa shape index (κ2) is 4.93. The van der Waals surface area contributed by atoms with Crippen molar-refractivity contribution in [2.45, 2.75) is 19.8 Å². The van der Waals surface area contributed by atoms with Gasteiger partial charge in [-0.2, -0.15) is 15.4 Å². The van der Waals surface area contributed by atoms with Crippen LogP contribution in [0, 0.1) is 0 Å². The van der Waals surface area contributed by atoms with Crippen LogP contribution < -0.4 is 11.0 Å². The molecule has 0 atom stereocenters. The molecule has 0 saturated heterocycles. The van der Waals surface area contributed by atoms with Gasteiger partial charge in [-0.05, 0) is 31.0 Å². The average Bonchev–Trinajstić information content (AvgIpc) is 2.90. The lowest BCUT2D eigenvalue weighted by Gasteiger charge is -2.00. The van der Waals surface area contributed by atoms with Crippen molar-refractivity contribution in [2.24, 2.45) is 0 Å². The van der Waals surface area contributed by atoms with Crippen molar-refractivity contribution in [2.75, 3.05) is 0 Å². The first-order valence-electron chi connectivity index (χ1n) is 6.45. The second-order valence-corrected chi connectivity index (χ2v) is 4.89. The number of fused-ring (bicyclic) bond motifs is 2. The summed E-state index contributed by atoms with van der Waals surface area (Å²) in [4.78, 5) is 38.0. The highest BCUT2D eigenvalue weighted by atomic mass is 16.1. The normalized spacial score (nSPS) is 11.1. The van der Waals surface area contributed by atoms with E-state index in [0.717, 1.165) is 5.56 Å². The van der Waals surface area contributed by atoms with Crippen LogP contribution >= 0.6 is 0 Å². The van der Waals surface area contributed by atoms with E-state index >= 15 is 0 Å². The minimum atomic E-state index is -0.477. The smallest absolute Gasteiger partial charge is 0.278 e. The van der Waals surface area contributed by atoms with Crippen molar-refractivity contribution in [3.8, 4) is 0 Å². The number of aryl methyl sites for hydroxylation is 1. The molecule has 0 unspecified atom stereocenters. The van der Waals surface area contributed by atoms with Gasteiger partial charge in [0.1, 0.15) is 5.78 Å². The van der Waals surface area contributed by atoms with Crippen molar-refractivity contribution in [1.29, 1.82) is 0 Å². The van der Waals surface area contributed by atoms with Gasteiger partial charge in [0.25, 0.3) is 5.56 Å². The van der Waals surface area contributed by atoms with Crippen LogP contribution in [0.15, 0.2) is 27.8 Å². The largest absolute Gasteiger partial charge is 0.320 e. The first kappa shape index (κ1) is 13.2. The fourth-order valence-electron chi connectivity index (χ4n) is 2.23. The fourth-order valence-corrected chi connectivity index (χ4v) is 2.23. The van der Waals surface area contributed by atoms with Crippen LogP contribution in [0.3, 0.4) is 0 Å². The number of carbonyl (C=O) groups is 1. The number of aromatic nitrogens is 4. The van der Waals surface area contributed by atoms with Crippen molar-refractivity contribution in [1.82, 2.24) is 20.4 Å². The summed E-state index contributed by atoms with van der Waals surface area (Å²) in [5, 5.41) is 10.1. The van der Waals surface area contributed by atoms with Gasteiger partial charge in [-0.15, -0.1) is 0 Å². The van der Waals surface area contributed by atoms with Gasteiger partial charge < -0.3 is 9.78 Å². The summed E-state index contributed by atoms with van der Waals surface area (Å²) in [5.41, 5.74) is 0.473. The molecule has 7 nitrogen and oxygen atoms in total. The number of carbonyl (C=O) groups excluding carboxylic acids is 1. The van der Waals surface area contributed by atoms with Gasteiger partial charge in [-0.25, -0.2) is 0 Å². The number of aromatic amines is 2. The Hall–Kier alpha value is -2.83. The van der Waals surface area contributed by atoms with E-state index in [1.165, 1.54) is 6.92 Å². The van der Waals surface area contributed by atoms with Crippen LogP contribution in [0.2, 0.25) is 0 Å². The SMILES string of the molecule is CC(=O)CCc1ccc2c(=O)c3n[nH]nc3c(=O)[nH]c2c1. The van der Waals surface area contributed by atoms with Crippen LogP contribution in [-0.4, -0.2) is 26.2 Å². The number of H-pyrrole nitrogens is 2. The molecular formula is C14H12N4O3. The third kappa shape index (κ3) is 2.33. The Labute approximate surface area is 118 Å². The molecule has 0 saturated carbocycles. The minimum absolute atomic E-state index is 0.0125. The molecule has 3 aromatic rings. The summed E-state index contributed by atoms with van der Waals surface area (Å²) in [6.45, 7) is 1.53. The predicted molar refractivity (Wildman–Crippen MR) is 77.3 cm³/mol. The number of nitrogens with zero attached hydrogens (tertiary/aromatic N) is 2. The van der Waals surface area contributed by atoms with E-state index in [-0.39, 0.29) is 22.2 Å². The van der Waals surface area contributed by atoms with Crippen LogP contribution in [0.5, 0.6) is 0 Å². The molecule has 0 fully saturated rings. The second-order valence-electron chi connectivity index (χ2n) is 4.89. The minimum Gasteiger partial charge on any atom is -0.320 e. The standard InChI is InChI=1S/C14H12N4O3/c1-7(19)2-3-8-4-5-9-10(6-8)15-14(21)12-11(13(9)20)16-18-17-12/h4-6H,2-3H2,1H3,(H,15,21)(H,16,17,18). The zero-order valence-electron chi connectivity index (χ0n) is 11.3. The number of rotatable bonds is 3. The van der Waals surface area contributed by atoms with E-state index in [0.29, 0.717) is 23.7 Å². The van der Waals surface area contributed by atoms with Crippen LogP contribution in [0.1, 0.15) is 18.9 Å².